The third-order valence-electron chi connectivity index (χ3n) is 3.80. The number of nitrogens with zero attached hydrogens (tertiary/aromatic N) is 5. The third kappa shape index (κ3) is 2.88. The van der Waals surface area contributed by atoms with Gasteiger partial charge in [0, 0.05) is 26.2 Å². The van der Waals surface area contributed by atoms with Gasteiger partial charge >= 0.3 is 0 Å². The van der Waals surface area contributed by atoms with E-state index in [9.17, 15) is 8.42 Å². The van der Waals surface area contributed by atoms with Crippen molar-refractivity contribution in [3.8, 4) is 0 Å². The van der Waals surface area contributed by atoms with Gasteiger partial charge < -0.3 is 4.90 Å². The molecule has 0 aliphatic carbocycles. The standard InChI is InChI=1S/C13H14BrN5O2S3/c1-9-8-19-12(15-9)23-13(16-19)17-4-6-18(7-5-17)24(20,21)11-3-2-10(14)22-11/h2-3,8H,4-7H2,1H3. The molecule has 3 aromatic rings. The second-order valence-electron chi connectivity index (χ2n) is 5.44. The number of fused-ring (bicyclic) bond motifs is 1. The first-order valence-corrected chi connectivity index (χ1v) is 11.1. The number of hydrogen-bond donors (Lipinski definition) is 0. The molecular formula is C13H14BrN5O2S3. The number of sulfonamides is 1. The van der Waals surface area contributed by atoms with E-state index in [0.717, 1.165) is 19.6 Å². The number of aryl methyl sites for hydroxylation is 1. The zero-order valence-electron chi connectivity index (χ0n) is 12.7. The molecule has 0 N–H and O–H groups in total. The molecule has 1 fully saturated rings. The number of anilines is 1. The number of rotatable bonds is 3. The second-order valence-corrected chi connectivity index (χ2v) is 11.0. The van der Waals surface area contributed by atoms with Crippen LogP contribution in [0.3, 0.4) is 0 Å². The molecule has 1 aliphatic heterocycles. The third-order valence-corrected chi connectivity index (χ3v) is 8.78. The Hall–Kier alpha value is -1.01. The summed E-state index contributed by atoms with van der Waals surface area (Å²) in [6.07, 6.45) is 1.89. The molecule has 3 aromatic heterocycles. The summed E-state index contributed by atoms with van der Waals surface area (Å²) in [6.45, 7) is 4.11. The number of aromatic nitrogens is 3. The van der Waals surface area contributed by atoms with Gasteiger partial charge in [-0.3, -0.25) is 0 Å². The number of halogens is 1. The molecule has 0 aromatic carbocycles. The number of imidazole rings is 1. The normalized spacial score (nSPS) is 17.0. The quantitative estimate of drug-likeness (QED) is 0.616. The molecule has 0 unspecified atom stereocenters. The fourth-order valence-corrected chi connectivity index (χ4v) is 7.18. The molecule has 0 radical (unpaired) electrons. The first kappa shape index (κ1) is 16.5. The molecule has 24 heavy (non-hydrogen) atoms. The van der Waals surface area contributed by atoms with Crippen molar-refractivity contribution in [1.82, 2.24) is 18.9 Å². The molecule has 4 heterocycles. The lowest BCUT2D eigenvalue weighted by molar-refractivity contribution is 0.385. The zero-order chi connectivity index (χ0) is 16.9. The fraction of sp³-hybridized carbons (Fsp3) is 0.385. The molecule has 0 amide bonds. The second kappa shape index (κ2) is 6.06. The van der Waals surface area contributed by atoms with Gasteiger partial charge in [-0.25, -0.2) is 17.9 Å². The van der Waals surface area contributed by atoms with Crippen LogP contribution in [0.2, 0.25) is 0 Å². The summed E-state index contributed by atoms with van der Waals surface area (Å²) in [5, 5.41) is 5.42. The fourth-order valence-electron chi connectivity index (χ4n) is 2.61. The van der Waals surface area contributed by atoms with Crippen LogP contribution in [0.5, 0.6) is 0 Å². The topological polar surface area (TPSA) is 70.8 Å². The molecular weight excluding hydrogens is 434 g/mol. The van der Waals surface area contributed by atoms with Crippen molar-refractivity contribution < 1.29 is 8.42 Å². The van der Waals surface area contributed by atoms with Crippen LogP contribution in [0.25, 0.3) is 4.96 Å². The lowest BCUT2D eigenvalue weighted by Gasteiger charge is -2.33. The lowest BCUT2D eigenvalue weighted by atomic mass is 10.4. The van der Waals surface area contributed by atoms with E-state index < -0.39 is 10.0 Å². The van der Waals surface area contributed by atoms with Crippen LogP contribution >= 0.6 is 38.6 Å². The van der Waals surface area contributed by atoms with E-state index >= 15 is 0 Å². The average molecular weight is 448 g/mol. The maximum atomic E-state index is 12.7. The highest BCUT2D eigenvalue weighted by Gasteiger charge is 2.30. The smallest absolute Gasteiger partial charge is 0.252 e. The van der Waals surface area contributed by atoms with Crippen LogP contribution in [0.4, 0.5) is 5.13 Å². The summed E-state index contributed by atoms with van der Waals surface area (Å²) in [6, 6.07) is 3.41. The van der Waals surface area contributed by atoms with Crippen LogP contribution in [-0.2, 0) is 10.0 Å². The van der Waals surface area contributed by atoms with Crippen LogP contribution < -0.4 is 4.90 Å². The highest BCUT2D eigenvalue weighted by atomic mass is 79.9. The van der Waals surface area contributed by atoms with E-state index in [-0.39, 0.29) is 0 Å². The van der Waals surface area contributed by atoms with Crippen molar-refractivity contribution in [2.45, 2.75) is 11.1 Å². The molecule has 1 saturated heterocycles. The Morgan fingerprint density at radius 1 is 1.17 bits per heavy atom. The maximum Gasteiger partial charge on any atom is 0.252 e. The number of hydrogen-bond acceptors (Lipinski definition) is 7. The minimum absolute atomic E-state index is 0.381. The van der Waals surface area contributed by atoms with E-state index in [2.05, 4.69) is 30.9 Å². The zero-order valence-corrected chi connectivity index (χ0v) is 16.8. The molecule has 128 valence electrons. The van der Waals surface area contributed by atoms with Gasteiger partial charge in [-0.1, -0.05) is 11.3 Å². The highest BCUT2D eigenvalue weighted by molar-refractivity contribution is 9.11. The van der Waals surface area contributed by atoms with Gasteiger partial charge in [-0.2, -0.15) is 4.31 Å². The van der Waals surface area contributed by atoms with Crippen LogP contribution in [0, 0.1) is 6.92 Å². The Balaban J connectivity index is 1.49. The van der Waals surface area contributed by atoms with Gasteiger partial charge in [0.25, 0.3) is 10.0 Å². The summed E-state index contributed by atoms with van der Waals surface area (Å²) in [4.78, 5) is 7.39. The number of thiophene rings is 1. The van der Waals surface area contributed by atoms with E-state index in [1.165, 1.54) is 22.7 Å². The van der Waals surface area contributed by atoms with E-state index in [1.807, 2.05) is 13.1 Å². The Morgan fingerprint density at radius 2 is 1.92 bits per heavy atom. The summed E-state index contributed by atoms with van der Waals surface area (Å²) >= 11 is 6.09. The molecule has 1 aliphatic rings. The Labute approximate surface area is 155 Å². The van der Waals surface area contributed by atoms with Crippen molar-refractivity contribution >= 4 is 58.7 Å². The van der Waals surface area contributed by atoms with Gasteiger partial charge in [-0.15, -0.1) is 16.4 Å². The predicted molar refractivity (Wildman–Crippen MR) is 98.6 cm³/mol. The van der Waals surface area contributed by atoms with Gasteiger partial charge in [-0.05, 0) is 35.0 Å². The van der Waals surface area contributed by atoms with Crippen molar-refractivity contribution in [1.29, 1.82) is 0 Å². The molecule has 4 rings (SSSR count). The summed E-state index contributed by atoms with van der Waals surface area (Å²) in [5.74, 6) is 0. The van der Waals surface area contributed by atoms with Crippen molar-refractivity contribution in [3.63, 3.8) is 0 Å². The Bertz CT molecular complexity index is 953. The molecule has 0 bridgehead atoms. The predicted octanol–water partition coefficient (Wildman–Crippen LogP) is 2.43. The van der Waals surface area contributed by atoms with Gasteiger partial charge in [0.15, 0.2) is 0 Å². The summed E-state index contributed by atoms with van der Waals surface area (Å²) in [5.41, 5.74) is 0.943. The Kier molecular flexibility index (Phi) is 4.15. The maximum absolute atomic E-state index is 12.7. The minimum Gasteiger partial charge on any atom is -0.344 e. The van der Waals surface area contributed by atoms with Gasteiger partial charge in [0.05, 0.1) is 15.7 Å². The molecule has 7 nitrogen and oxygen atoms in total. The SMILES string of the molecule is Cc1cn2nc(N3CCN(S(=O)(=O)c4ccc(Br)s4)CC3)sc2n1. The lowest BCUT2D eigenvalue weighted by Crippen LogP contribution is -2.48. The monoisotopic (exact) mass is 447 g/mol. The molecule has 0 spiro atoms. The van der Waals surface area contributed by atoms with Crippen LogP contribution in [0.1, 0.15) is 5.69 Å². The first-order valence-electron chi connectivity index (χ1n) is 7.27. The van der Waals surface area contributed by atoms with E-state index in [1.54, 1.807) is 21.0 Å². The first-order chi connectivity index (χ1) is 11.4. The Morgan fingerprint density at radius 3 is 2.54 bits per heavy atom. The van der Waals surface area contributed by atoms with Gasteiger partial charge in [0.2, 0.25) is 10.1 Å². The summed E-state index contributed by atoms with van der Waals surface area (Å²) in [7, 11) is -3.41. The highest BCUT2D eigenvalue weighted by Crippen LogP contribution is 2.30. The molecule has 11 heteroatoms. The van der Waals surface area contributed by atoms with Gasteiger partial charge in [0.1, 0.15) is 4.21 Å². The summed E-state index contributed by atoms with van der Waals surface area (Å²) < 4.78 is 29.8. The molecule has 0 atom stereocenters. The molecule has 0 saturated carbocycles. The minimum atomic E-state index is -3.41. The van der Waals surface area contributed by atoms with E-state index in [4.69, 9.17) is 0 Å². The van der Waals surface area contributed by atoms with E-state index in [0.29, 0.717) is 30.4 Å². The van der Waals surface area contributed by atoms with Crippen molar-refractivity contribution in [2.75, 3.05) is 31.1 Å². The van der Waals surface area contributed by atoms with Crippen LogP contribution in [0.15, 0.2) is 26.3 Å². The van der Waals surface area contributed by atoms with Crippen molar-refractivity contribution in [3.05, 3.63) is 27.8 Å². The average Bonchev–Trinajstić information content (AvgIpc) is 3.22. The number of piperazine rings is 1. The largest absolute Gasteiger partial charge is 0.344 e. The van der Waals surface area contributed by atoms with Crippen molar-refractivity contribution in [2.24, 2.45) is 0 Å². The van der Waals surface area contributed by atoms with Crippen LogP contribution in [-0.4, -0.2) is 53.5 Å².